The summed E-state index contributed by atoms with van der Waals surface area (Å²) >= 11 is 0. The number of nitrogens with zero attached hydrogens (tertiary/aromatic N) is 6. The van der Waals surface area contributed by atoms with Gasteiger partial charge in [-0.2, -0.15) is 13.2 Å². The molecule has 0 saturated heterocycles. The Morgan fingerprint density at radius 2 is 1.89 bits per heavy atom. The van der Waals surface area contributed by atoms with Crippen LogP contribution in [-0.2, 0) is 19.8 Å². The first-order valence-corrected chi connectivity index (χ1v) is 12.7. The summed E-state index contributed by atoms with van der Waals surface area (Å²) in [5.41, 5.74) is 3.72. The van der Waals surface area contributed by atoms with Gasteiger partial charge in [0.1, 0.15) is 11.6 Å². The molecule has 1 aromatic carbocycles. The molecule has 0 amide bonds. The van der Waals surface area contributed by atoms with Gasteiger partial charge >= 0.3 is 6.18 Å². The van der Waals surface area contributed by atoms with Gasteiger partial charge in [0.25, 0.3) is 0 Å². The van der Waals surface area contributed by atoms with E-state index in [2.05, 4.69) is 54.3 Å². The molecule has 200 valence electrons. The van der Waals surface area contributed by atoms with Crippen molar-refractivity contribution in [3.63, 3.8) is 0 Å². The number of pyridine rings is 1. The number of rotatable bonds is 6. The zero-order valence-electron chi connectivity index (χ0n) is 22.4. The van der Waals surface area contributed by atoms with E-state index in [0.717, 1.165) is 41.8 Å². The largest absolute Gasteiger partial charge is 0.434 e. The molecule has 0 saturated carbocycles. The van der Waals surface area contributed by atoms with Crippen LogP contribution in [0.4, 0.5) is 13.2 Å². The second-order valence-corrected chi connectivity index (χ2v) is 10.1. The highest BCUT2D eigenvalue weighted by Crippen LogP contribution is 2.32. The molecule has 0 spiro atoms. The Labute approximate surface area is 221 Å². The van der Waals surface area contributed by atoms with Crippen molar-refractivity contribution in [1.29, 1.82) is 0 Å². The molecule has 0 radical (unpaired) electrons. The van der Waals surface area contributed by atoms with Crippen LogP contribution in [0.15, 0.2) is 70.2 Å². The molecular formula is C29H33F3N6. The molecule has 38 heavy (non-hydrogen) atoms. The molecule has 9 heteroatoms. The van der Waals surface area contributed by atoms with E-state index in [1.54, 1.807) is 13.2 Å². The minimum Gasteiger partial charge on any atom is -0.352 e. The lowest BCUT2D eigenvalue weighted by Gasteiger charge is -2.34. The van der Waals surface area contributed by atoms with Crippen molar-refractivity contribution in [2.45, 2.75) is 52.8 Å². The summed E-state index contributed by atoms with van der Waals surface area (Å²) in [7, 11) is 1.57. The molecule has 0 N–H and O–H groups in total. The topological polar surface area (TPSA) is 58.7 Å². The Bertz CT molecular complexity index is 1370. The number of allylic oxidation sites excluding steroid dienone is 1. The number of aryl methyl sites for hydroxylation is 1. The van der Waals surface area contributed by atoms with Crippen molar-refractivity contribution in [3.8, 4) is 11.4 Å². The summed E-state index contributed by atoms with van der Waals surface area (Å²) in [6.07, 6.45) is -0.698. The summed E-state index contributed by atoms with van der Waals surface area (Å²) in [4.78, 5) is 19.9. The molecule has 0 aliphatic carbocycles. The Hall–Kier alpha value is -3.75. The standard InChI is InChI=1S/C29H33F3N6/c1-18(2)25-23(8-7-14-34-25)26(33-5)36-27-20(4)19(3)13-15-38(27)16-21-9-11-22(12-10-21)28-35-24(17-37(28)6)29(30,31)32/h7-12,14,17-19H,5,13,15-16H2,1-4,6H3. The third-order valence-corrected chi connectivity index (χ3v) is 6.96. The average Bonchev–Trinajstić information content (AvgIpc) is 3.29. The highest BCUT2D eigenvalue weighted by Gasteiger charge is 2.34. The van der Waals surface area contributed by atoms with E-state index in [0.29, 0.717) is 23.9 Å². The van der Waals surface area contributed by atoms with Gasteiger partial charge in [0.2, 0.25) is 0 Å². The van der Waals surface area contributed by atoms with E-state index in [4.69, 9.17) is 4.99 Å². The van der Waals surface area contributed by atoms with Crippen molar-refractivity contribution in [1.82, 2.24) is 19.4 Å². The number of benzene rings is 1. The summed E-state index contributed by atoms with van der Waals surface area (Å²) in [5, 5.41) is 0. The lowest BCUT2D eigenvalue weighted by molar-refractivity contribution is -0.140. The van der Waals surface area contributed by atoms with Gasteiger partial charge in [-0.15, -0.1) is 0 Å². The van der Waals surface area contributed by atoms with Gasteiger partial charge in [-0.05, 0) is 55.2 Å². The van der Waals surface area contributed by atoms with Gasteiger partial charge in [0.15, 0.2) is 11.5 Å². The van der Waals surface area contributed by atoms with Gasteiger partial charge in [0.05, 0.1) is 5.69 Å². The fourth-order valence-electron chi connectivity index (χ4n) is 4.65. The summed E-state index contributed by atoms with van der Waals surface area (Å²) in [6.45, 7) is 13.7. The Balaban J connectivity index is 1.63. The molecule has 2 aromatic heterocycles. The van der Waals surface area contributed by atoms with Crippen LogP contribution >= 0.6 is 0 Å². The van der Waals surface area contributed by atoms with Crippen LogP contribution in [-0.4, -0.2) is 38.5 Å². The van der Waals surface area contributed by atoms with E-state index >= 15 is 0 Å². The molecule has 1 unspecified atom stereocenters. The van der Waals surface area contributed by atoms with Crippen molar-refractivity contribution in [3.05, 3.63) is 82.7 Å². The molecule has 3 heterocycles. The first-order chi connectivity index (χ1) is 18.0. The van der Waals surface area contributed by atoms with Crippen LogP contribution in [0.5, 0.6) is 0 Å². The second-order valence-electron chi connectivity index (χ2n) is 10.1. The lowest BCUT2D eigenvalue weighted by Crippen LogP contribution is -2.31. The molecule has 0 fully saturated rings. The van der Waals surface area contributed by atoms with Gasteiger partial charge in [-0.25, -0.2) is 15.0 Å². The van der Waals surface area contributed by atoms with Crippen LogP contribution in [0.2, 0.25) is 0 Å². The highest BCUT2D eigenvalue weighted by atomic mass is 19.4. The molecule has 3 aromatic rings. The number of halogens is 3. The molecule has 1 aliphatic rings. The van der Waals surface area contributed by atoms with Crippen molar-refractivity contribution in [2.75, 3.05) is 6.54 Å². The molecule has 6 nitrogen and oxygen atoms in total. The number of hydrogen-bond acceptors (Lipinski definition) is 4. The van der Waals surface area contributed by atoms with E-state index in [1.165, 1.54) is 10.1 Å². The molecular weight excluding hydrogens is 489 g/mol. The monoisotopic (exact) mass is 522 g/mol. The number of aromatic nitrogens is 3. The van der Waals surface area contributed by atoms with Gasteiger partial charge in [-0.1, -0.05) is 45.0 Å². The fourth-order valence-corrected chi connectivity index (χ4v) is 4.65. The predicted molar refractivity (Wildman–Crippen MR) is 145 cm³/mol. The zero-order valence-corrected chi connectivity index (χ0v) is 22.4. The SMILES string of the molecule is C=NC(=NC1=C(C)C(C)CCN1Cc1ccc(-c2nc(C(F)(F)F)cn2C)cc1)c1cccnc1C(C)C. The van der Waals surface area contributed by atoms with Crippen LogP contribution < -0.4 is 0 Å². The van der Waals surface area contributed by atoms with Crippen LogP contribution in [0.1, 0.15) is 62.5 Å². The van der Waals surface area contributed by atoms with Gasteiger partial charge in [-0.3, -0.25) is 4.98 Å². The third kappa shape index (κ3) is 5.71. The predicted octanol–water partition coefficient (Wildman–Crippen LogP) is 6.85. The Morgan fingerprint density at radius 1 is 1.18 bits per heavy atom. The molecule has 1 atom stereocenters. The number of aliphatic imine (C=N–C) groups is 2. The van der Waals surface area contributed by atoms with E-state index in [1.807, 2.05) is 36.4 Å². The van der Waals surface area contributed by atoms with Crippen LogP contribution in [0.3, 0.4) is 0 Å². The smallest absolute Gasteiger partial charge is 0.352 e. The molecule has 0 bridgehead atoms. The van der Waals surface area contributed by atoms with E-state index < -0.39 is 11.9 Å². The van der Waals surface area contributed by atoms with E-state index in [-0.39, 0.29) is 11.7 Å². The first kappa shape index (κ1) is 27.3. The van der Waals surface area contributed by atoms with Crippen LogP contribution in [0, 0.1) is 5.92 Å². The van der Waals surface area contributed by atoms with Crippen molar-refractivity contribution >= 4 is 12.6 Å². The number of amidine groups is 1. The summed E-state index contributed by atoms with van der Waals surface area (Å²) < 4.78 is 40.7. The minimum atomic E-state index is -4.48. The maximum Gasteiger partial charge on any atom is 0.434 e. The molecule has 4 rings (SSSR count). The maximum atomic E-state index is 13.1. The van der Waals surface area contributed by atoms with Gasteiger partial charge < -0.3 is 9.47 Å². The van der Waals surface area contributed by atoms with Crippen molar-refractivity contribution < 1.29 is 13.2 Å². The third-order valence-electron chi connectivity index (χ3n) is 6.96. The Kier molecular flexibility index (Phi) is 7.85. The van der Waals surface area contributed by atoms with Crippen molar-refractivity contribution in [2.24, 2.45) is 23.0 Å². The minimum absolute atomic E-state index is 0.207. The van der Waals surface area contributed by atoms with E-state index in [9.17, 15) is 13.2 Å². The molecule has 1 aliphatic heterocycles. The number of alkyl halides is 3. The summed E-state index contributed by atoms with van der Waals surface area (Å²) in [5.74, 6) is 2.27. The Morgan fingerprint density at radius 3 is 2.50 bits per heavy atom. The highest BCUT2D eigenvalue weighted by molar-refractivity contribution is 6.02. The second kappa shape index (κ2) is 10.9. The first-order valence-electron chi connectivity index (χ1n) is 12.7. The average molecular weight is 523 g/mol. The number of hydrogen-bond donors (Lipinski definition) is 0. The number of imidazole rings is 1. The lowest BCUT2D eigenvalue weighted by atomic mass is 9.94. The summed E-state index contributed by atoms with van der Waals surface area (Å²) in [6, 6.07) is 11.3. The van der Waals surface area contributed by atoms with Crippen LogP contribution in [0.25, 0.3) is 11.4 Å². The normalized spacial score (nSPS) is 16.9. The quantitative estimate of drug-likeness (QED) is 0.263. The maximum absolute atomic E-state index is 13.1. The zero-order chi connectivity index (χ0) is 27.6. The van der Waals surface area contributed by atoms with Gasteiger partial charge in [0, 0.05) is 43.7 Å². The fraction of sp³-hybridized carbons (Fsp3) is 0.379.